The predicted molar refractivity (Wildman–Crippen MR) is 79.6 cm³/mol. The standard InChI is InChI=1S/C14H19N5O/c1-16-14(20)10-4-5-12(11(15)9-10)17-6-2-3-13-18-7-8-19-13/h4-5,7-9,17H,2-3,6,15H2,1H3,(H,16,20)(H,18,19). The Morgan fingerprint density at radius 2 is 2.30 bits per heavy atom. The van der Waals surface area contributed by atoms with E-state index in [9.17, 15) is 4.79 Å². The van der Waals surface area contributed by atoms with Crippen LogP contribution in [0.1, 0.15) is 22.6 Å². The van der Waals surface area contributed by atoms with Crippen LogP contribution < -0.4 is 16.4 Å². The zero-order chi connectivity index (χ0) is 14.4. The second-order valence-corrected chi connectivity index (χ2v) is 4.45. The van der Waals surface area contributed by atoms with E-state index in [1.54, 1.807) is 25.4 Å². The van der Waals surface area contributed by atoms with Crippen LogP contribution in [-0.4, -0.2) is 29.5 Å². The van der Waals surface area contributed by atoms with Gasteiger partial charge in [-0.25, -0.2) is 4.98 Å². The fourth-order valence-electron chi connectivity index (χ4n) is 1.92. The molecule has 0 fully saturated rings. The molecule has 0 unspecified atom stereocenters. The van der Waals surface area contributed by atoms with E-state index < -0.39 is 0 Å². The van der Waals surface area contributed by atoms with Gasteiger partial charge in [0.25, 0.3) is 5.91 Å². The number of rotatable bonds is 6. The number of aromatic amines is 1. The van der Waals surface area contributed by atoms with Gasteiger partial charge in [-0.3, -0.25) is 4.79 Å². The molecule has 2 aromatic rings. The van der Waals surface area contributed by atoms with E-state index in [0.717, 1.165) is 30.9 Å². The molecule has 0 saturated heterocycles. The first-order chi connectivity index (χ1) is 9.70. The van der Waals surface area contributed by atoms with E-state index in [2.05, 4.69) is 20.6 Å². The Hall–Kier alpha value is -2.50. The molecule has 106 valence electrons. The number of aryl methyl sites for hydroxylation is 1. The molecule has 0 spiro atoms. The number of hydrogen-bond donors (Lipinski definition) is 4. The van der Waals surface area contributed by atoms with Gasteiger partial charge in [0.2, 0.25) is 0 Å². The van der Waals surface area contributed by atoms with Gasteiger partial charge in [-0.05, 0) is 24.6 Å². The molecule has 6 heteroatoms. The van der Waals surface area contributed by atoms with Crippen LogP contribution in [0.3, 0.4) is 0 Å². The lowest BCUT2D eigenvalue weighted by Crippen LogP contribution is -2.18. The van der Waals surface area contributed by atoms with Crippen molar-refractivity contribution in [3.8, 4) is 0 Å². The first kappa shape index (κ1) is 13.9. The highest BCUT2D eigenvalue weighted by atomic mass is 16.1. The highest BCUT2D eigenvalue weighted by Crippen LogP contribution is 2.19. The third-order valence-electron chi connectivity index (χ3n) is 3.00. The molecule has 1 amide bonds. The molecule has 0 aliphatic carbocycles. The van der Waals surface area contributed by atoms with Crippen molar-refractivity contribution in [3.63, 3.8) is 0 Å². The predicted octanol–water partition coefficient (Wildman–Crippen LogP) is 1.40. The maximum absolute atomic E-state index is 11.5. The minimum atomic E-state index is -0.138. The molecule has 1 heterocycles. The van der Waals surface area contributed by atoms with Crippen LogP contribution in [-0.2, 0) is 6.42 Å². The number of nitrogen functional groups attached to an aromatic ring is 1. The van der Waals surface area contributed by atoms with Crippen molar-refractivity contribution < 1.29 is 4.79 Å². The Balaban J connectivity index is 1.85. The lowest BCUT2D eigenvalue weighted by atomic mass is 10.1. The summed E-state index contributed by atoms with van der Waals surface area (Å²) in [6.07, 6.45) is 5.40. The first-order valence-electron chi connectivity index (χ1n) is 6.54. The molecule has 0 saturated carbocycles. The molecule has 5 N–H and O–H groups in total. The molecule has 2 rings (SSSR count). The number of H-pyrrole nitrogens is 1. The normalized spacial score (nSPS) is 10.2. The summed E-state index contributed by atoms with van der Waals surface area (Å²) in [4.78, 5) is 18.7. The zero-order valence-corrected chi connectivity index (χ0v) is 11.4. The topological polar surface area (TPSA) is 95.8 Å². The summed E-state index contributed by atoms with van der Waals surface area (Å²) in [5.41, 5.74) is 7.91. The van der Waals surface area contributed by atoms with Gasteiger partial charge in [0.05, 0.1) is 11.4 Å². The molecule has 0 atom stereocenters. The van der Waals surface area contributed by atoms with Crippen molar-refractivity contribution >= 4 is 17.3 Å². The van der Waals surface area contributed by atoms with Gasteiger partial charge >= 0.3 is 0 Å². The number of anilines is 2. The van der Waals surface area contributed by atoms with E-state index in [4.69, 9.17) is 5.73 Å². The van der Waals surface area contributed by atoms with E-state index in [1.165, 1.54) is 0 Å². The summed E-state index contributed by atoms with van der Waals surface area (Å²) in [7, 11) is 1.60. The summed E-state index contributed by atoms with van der Waals surface area (Å²) in [5.74, 6) is 0.843. The Kier molecular flexibility index (Phi) is 4.60. The van der Waals surface area contributed by atoms with Crippen LogP contribution in [0.2, 0.25) is 0 Å². The van der Waals surface area contributed by atoms with Crippen molar-refractivity contribution in [2.75, 3.05) is 24.6 Å². The van der Waals surface area contributed by atoms with E-state index >= 15 is 0 Å². The number of hydrogen-bond acceptors (Lipinski definition) is 4. The maximum Gasteiger partial charge on any atom is 0.251 e. The number of amides is 1. The minimum Gasteiger partial charge on any atom is -0.397 e. The summed E-state index contributed by atoms with van der Waals surface area (Å²) in [6, 6.07) is 5.25. The highest BCUT2D eigenvalue weighted by molar-refractivity contribution is 5.95. The largest absolute Gasteiger partial charge is 0.397 e. The number of aromatic nitrogens is 2. The number of nitrogens with one attached hydrogen (secondary N) is 3. The van der Waals surface area contributed by atoms with Gasteiger partial charge in [0.1, 0.15) is 5.82 Å². The van der Waals surface area contributed by atoms with Gasteiger partial charge in [0, 0.05) is 38.0 Å². The van der Waals surface area contributed by atoms with Crippen molar-refractivity contribution in [2.45, 2.75) is 12.8 Å². The second-order valence-electron chi connectivity index (χ2n) is 4.45. The van der Waals surface area contributed by atoms with Gasteiger partial charge in [0.15, 0.2) is 0 Å². The average molecular weight is 273 g/mol. The Labute approximate surface area is 117 Å². The van der Waals surface area contributed by atoms with Crippen LogP contribution in [0.5, 0.6) is 0 Å². The number of carbonyl (C=O) groups excluding carboxylic acids is 1. The molecule has 20 heavy (non-hydrogen) atoms. The number of nitrogens with two attached hydrogens (primary N) is 1. The van der Waals surface area contributed by atoms with Crippen molar-refractivity contribution in [3.05, 3.63) is 42.0 Å². The third-order valence-corrected chi connectivity index (χ3v) is 3.00. The quantitative estimate of drug-likeness (QED) is 0.472. The summed E-state index contributed by atoms with van der Waals surface area (Å²) in [5, 5.41) is 5.83. The lowest BCUT2D eigenvalue weighted by molar-refractivity contribution is 0.0963. The van der Waals surface area contributed by atoms with Crippen LogP contribution >= 0.6 is 0 Å². The van der Waals surface area contributed by atoms with Crippen LogP contribution in [0, 0.1) is 0 Å². The molecule has 1 aromatic heterocycles. The Morgan fingerprint density at radius 3 is 2.95 bits per heavy atom. The molecule has 1 aromatic carbocycles. The molecular weight excluding hydrogens is 254 g/mol. The van der Waals surface area contributed by atoms with Crippen molar-refractivity contribution in [2.24, 2.45) is 0 Å². The van der Waals surface area contributed by atoms with E-state index in [0.29, 0.717) is 11.3 Å². The van der Waals surface area contributed by atoms with Crippen molar-refractivity contribution in [1.82, 2.24) is 15.3 Å². The molecule has 6 nitrogen and oxygen atoms in total. The summed E-state index contributed by atoms with van der Waals surface area (Å²) < 4.78 is 0. The lowest BCUT2D eigenvalue weighted by Gasteiger charge is -2.10. The first-order valence-corrected chi connectivity index (χ1v) is 6.54. The molecule has 0 aliphatic heterocycles. The van der Waals surface area contributed by atoms with E-state index in [-0.39, 0.29) is 5.91 Å². The maximum atomic E-state index is 11.5. The van der Waals surface area contributed by atoms with Gasteiger partial charge in [-0.15, -0.1) is 0 Å². The van der Waals surface area contributed by atoms with Crippen LogP contribution in [0.4, 0.5) is 11.4 Å². The Bertz CT molecular complexity index is 565. The Morgan fingerprint density at radius 1 is 1.45 bits per heavy atom. The second kappa shape index (κ2) is 6.60. The third kappa shape index (κ3) is 3.50. The smallest absolute Gasteiger partial charge is 0.251 e. The van der Waals surface area contributed by atoms with Crippen LogP contribution in [0.25, 0.3) is 0 Å². The summed E-state index contributed by atoms with van der Waals surface area (Å²) in [6.45, 7) is 0.796. The van der Waals surface area contributed by atoms with Gasteiger partial charge < -0.3 is 21.4 Å². The SMILES string of the molecule is CNC(=O)c1ccc(NCCCc2ncc[nH]2)c(N)c1. The number of carbonyl (C=O) groups is 1. The number of imidazole rings is 1. The monoisotopic (exact) mass is 273 g/mol. The molecule has 0 aliphatic rings. The van der Waals surface area contributed by atoms with Crippen LogP contribution in [0.15, 0.2) is 30.6 Å². The molecule has 0 bridgehead atoms. The summed E-state index contributed by atoms with van der Waals surface area (Å²) >= 11 is 0. The molecular formula is C14H19N5O. The van der Waals surface area contributed by atoms with E-state index in [1.807, 2.05) is 12.3 Å². The van der Waals surface area contributed by atoms with Gasteiger partial charge in [-0.2, -0.15) is 0 Å². The average Bonchev–Trinajstić information content (AvgIpc) is 2.97. The number of nitrogens with zero attached hydrogens (tertiary/aromatic N) is 1. The number of benzene rings is 1. The fraction of sp³-hybridized carbons (Fsp3) is 0.286. The minimum absolute atomic E-state index is 0.138. The van der Waals surface area contributed by atoms with Gasteiger partial charge in [-0.1, -0.05) is 0 Å². The van der Waals surface area contributed by atoms with Crippen molar-refractivity contribution in [1.29, 1.82) is 0 Å². The molecule has 0 radical (unpaired) electrons. The highest BCUT2D eigenvalue weighted by Gasteiger charge is 2.06. The fourth-order valence-corrected chi connectivity index (χ4v) is 1.92. The zero-order valence-electron chi connectivity index (χ0n) is 11.4.